The minimum atomic E-state index is -0.00553. The number of nitrogens with one attached hydrogen (secondary N) is 1. The molecule has 0 aliphatic carbocycles. The summed E-state index contributed by atoms with van der Waals surface area (Å²) >= 11 is 6.17. The Hall–Kier alpha value is -1.36. The molecule has 1 aromatic heterocycles. The molecule has 16 heavy (non-hydrogen) atoms. The molecule has 2 heterocycles. The van der Waals surface area contributed by atoms with E-state index >= 15 is 0 Å². The molecule has 2 rings (SSSR count). The highest BCUT2D eigenvalue weighted by Crippen LogP contribution is 2.00. The molecule has 0 saturated carbocycles. The van der Waals surface area contributed by atoms with Crippen LogP contribution in [0.2, 0.25) is 0 Å². The van der Waals surface area contributed by atoms with E-state index in [0.717, 1.165) is 19.5 Å². The quantitative estimate of drug-likeness (QED) is 0.795. The number of aromatic nitrogens is 2. The Morgan fingerprint density at radius 3 is 3.19 bits per heavy atom. The molecular weight excluding hydrogens is 226 g/mol. The third kappa shape index (κ3) is 3.34. The minimum absolute atomic E-state index is 0.00553. The predicted molar refractivity (Wildman–Crippen MR) is 65.3 cm³/mol. The van der Waals surface area contributed by atoms with Crippen molar-refractivity contribution in [3.05, 3.63) is 18.7 Å². The Bertz CT molecular complexity index is 371. The monoisotopic (exact) mass is 239 g/mol. The summed E-state index contributed by atoms with van der Waals surface area (Å²) in [6.45, 7) is 2.18. The molecule has 0 spiro atoms. The largest absolute Gasteiger partial charge is 0.353 e. The Balaban J connectivity index is 1.73. The van der Waals surface area contributed by atoms with E-state index in [2.05, 4.69) is 20.3 Å². The first-order chi connectivity index (χ1) is 7.84. The number of rotatable bonds is 4. The standard InChI is InChI=1S/C10H14ClN5/c11-9(7-16-5-4-12-8-16)6-15-10-13-2-1-3-14-10/h2,4-5,8-9H,1,3,6-7H2,(H,14,15). The van der Waals surface area contributed by atoms with Crippen molar-refractivity contribution in [2.24, 2.45) is 9.98 Å². The van der Waals surface area contributed by atoms with Gasteiger partial charge < -0.3 is 9.88 Å². The number of aliphatic imine (C=N–C) groups is 2. The average molecular weight is 240 g/mol. The fourth-order valence-corrected chi connectivity index (χ4v) is 1.65. The van der Waals surface area contributed by atoms with Crippen molar-refractivity contribution in [2.75, 3.05) is 13.1 Å². The molecule has 0 bridgehead atoms. The fourth-order valence-electron chi connectivity index (χ4n) is 1.41. The highest BCUT2D eigenvalue weighted by atomic mass is 35.5. The molecule has 1 aromatic rings. The van der Waals surface area contributed by atoms with Crippen LogP contribution in [0.4, 0.5) is 0 Å². The lowest BCUT2D eigenvalue weighted by molar-refractivity contribution is 0.636. The van der Waals surface area contributed by atoms with Crippen LogP contribution < -0.4 is 5.32 Å². The molecule has 0 amide bonds. The third-order valence-electron chi connectivity index (χ3n) is 2.18. The van der Waals surface area contributed by atoms with Crippen LogP contribution in [0.25, 0.3) is 0 Å². The highest BCUT2D eigenvalue weighted by Gasteiger charge is 2.07. The Morgan fingerprint density at radius 1 is 1.56 bits per heavy atom. The summed E-state index contributed by atoms with van der Waals surface area (Å²) in [5.74, 6) is 0.683. The SMILES string of the molecule is ClC(CNC1=NCCC=N1)Cn1ccnc1. The Morgan fingerprint density at radius 2 is 2.50 bits per heavy atom. The predicted octanol–water partition coefficient (Wildman–Crippen LogP) is 0.911. The second-order valence-corrected chi connectivity index (χ2v) is 4.16. The van der Waals surface area contributed by atoms with Gasteiger partial charge in [0.25, 0.3) is 0 Å². The lowest BCUT2D eigenvalue weighted by atomic mass is 10.4. The van der Waals surface area contributed by atoms with E-state index in [-0.39, 0.29) is 5.38 Å². The Kier molecular flexibility index (Phi) is 3.93. The minimum Gasteiger partial charge on any atom is -0.353 e. The topological polar surface area (TPSA) is 54.6 Å². The van der Waals surface area contributed by atoms with Crippen molar-refractivity contribution < 1.29 is 0 Å². The lowest BCUT2D eigenvalue weighted by Gasteiger charge is -2.13. The van der Waals surface area contributed by atoms with Gasteiger partial charge in [-0.05, 0) is 0 Å². The molecule has 0 saturated heterocycles. The number of hydrogen-bond acceptors (Lipinski definition) is 4. The number of guanidine groups is 1. The average Bonchev–Trinajstić information content (AvgIpc) is 2.81. The van der Waals surface area contributed by atoms with E-state index in [1.807, 2.05) is 17.0 Å². The van der Waals surface area contributed by atoms with Gasteiger partial charge in [0, 0.05) is 44.7 Å². The van der Waals surface area contributed by atoms with Gasteiger partial charge in [0.2, 0.25) is 5.96 Å². The van der Waals surface area contributed by atoms with Gasteiger partial charge in [-0.15, -0.1) is 11.6 Å². The third-order valence-corrected chi connectivity index (χ3v) is 2.48. The molecule has 0 fully saturated rings. The molecule has 1 unspecified atom stereocenters. The van der Waals surface area contributed by atoms with E-state index in [1.165, 1.54) is 0 Å². The van der Waals surface area contributed by atoms with Crippen molar-refractivity contribution in [3.63, 3.8) is 0 Å². The van der Waals surface area contributed by atoms with Crippen LogP contribution in [0, 0.1) is 0 Å². The van der Waals surface area contributed by atoms with Crippen LogP contribution in [-0.2, 0) is 6.54 Å². The van der Waals surface area contributed by atoms with Crippen LogP contribution >= 0.6 is 11.6 Å². The first-order valence-electron chi connectivity index (χ1n) is 5.25. The second kappa shape index (κ2) is 5.65. The highest BCUT2D eigenvalue weighted by molar-refractivity contribution is 6.20. The van der Waals surface area contributed by atoms with Crippen LogP contribution in [-0.4, -0.2) is 40.2 Å². The summed E-state index contributed by atoms with van der Waals surface area (Å²) in [6.07, 6.45) is 8.18. The number of hydrogen-bond donors (Lipinski definition) is 1. The van der Waals surface area contributed by atoms with Gasteiger partial charge >= 0.3 is 0 Å². The smallest absolute Gasteiger partial charge is 0.217 e. The zero-order valence-electron chi connectivity index (χ0n) is 8.88. The zero-order valence-corrected chi connectivity index (χ0v) is 9.64. The molecule has 1 aliphatic rings. The molecular formula is C10H14ClN5. The van der Waals surface area contributed by atoms with E-state index in [0.29, 0.717) is 12.5 Å². The van der Waals surface area contributed by atoms with Crippen molar-refractivity contribution in [3.8, 4) is 0 Å². The van der Waals surface area contributed by atoms with E-state index in [4.69, 9.17) is 11.6 Å². The summed E-state index contributed by atoms with van der Waals surface area (Å²) in [5.41, 5.74) is 0. The van der Waals surface area contributed by atoms with Crippen LogP contribution in [0.3, 0.4) is 0 Å². The van der Waals surface area contributed by atoms with E-state index < -0.39 is 0 Å². The van der Waals surface area contributed by atoms with Crippen molar-refractivity contribution in [1.29, 1.82) is 0 Å². The van der Waals surface area contributed by atoms with Gasteiger partial charge in [0.1, 0.15) is 0 Å². The van der Waals surface area contributed by atoms with Crippen molar-refractivity contribution >= 4 is 23.8 Å². The normalized spacial score (nSPS) is 16.9. The van der Waals surface area contributed by atoms with E-state index in [1.54, 1.807) is 12.5 Å². The number of halogens is 1. The molecule has 1 atom stereocenters. The fraction of sp³-hybridized carbons (Fsp3) is 0.500. The number of imidazole rings is 1. The van der Waals surface area contributed by atoms with Gasteiger partial charge in [-0.3, -0.25) is 4.99 Å². The molecule has 0 aromatic carbocycles. The first-order valence-corrected chi connectivity index (χ1v) is 5.69. The van der Waals surface area contributed by atoms with E-state index in [9.17, 15) is 0 Å². The summed E-state index contributed by atoms with van der Waals surface area (Å²) in [7, 11) is 0. The van der Waals surface area contributed by atoms with Gasteiger partial charge in [0.05, 0.1) is 11.7 Å². The number of alkyl halides is 1. The van der Waals surface area contributed by atoms with Gasteiger partial charge in [-0.25, -0.2) is 9.98 Å². The van der Waals surface area contributed by atoms with Crippen LogP contribution in [0.5, 0.6) is 0 Å². The van der Waals surface area contributed by atoms with Crippen LogP contribution in [0.15, 0.2) is 28.7 Å². The maximum Gasteiger partial charge on any atom is 0.217 e. The number of nitrogens with zero attached hydrogens (tertiary/aromatic N) is 4. The molecule has 86 valence electrons. The summed E-state index contributed by atoms with van der Waals surface area (Å²) < 4.78 is 1.95. The summed E-state index contributed by atoms with van der Waals surface area (Å²) in [5, 5.41) is 3.11. The molecule has 0 radical (unpaired) electrons. The second-order valence-electron chi connectivity index (χ2n) is 3.54. The molecule has 6 heteroatoms. The summed E-state index contributed by atoms with van der Waals surface area (Å²) in [4.78, 5) is 12.3. The molecule has 1 N–H and O–H groups in total. The molecule has 5 nitrogen and oxygen atoms in total. The van der Waals surface area contributed by atoms with Crippen LogP contribution in [0.1, 0.15) is 6.42 Å². The zero-order chi connectivity index (χ0) is 11.2. The van der Waals surface area contributed by atoms with Gasteiger partial charge in [-0.1, -0.05) is 0 Å². The maximum atomic E-state index is 6.17. The maximum absolute atomic E-state index is 6.17. The van der Waals surface area contributed by atoms with Gasteiger partial charge in [-0.2, -0.15) is 0 Å². The van der Waals surface area contributed by atoms with Crippen molar-refractivity contribution in [1.82, 2.24) is 14.9 Å². The molecule has 1 aliphatic heterocycles. The van der Waals surface area contributed by atoms with Gasteiger partial charge in [0.15, 0.2) is 0 Å². The lowest BCUT2D eigenvalue weighted by Crippen LogP contribution is -2.31. The first kappa shape index (κ1) is 11.1. The Labute approximate surface area is 99.3 Å². The van der Waals surface area contributed by atoms with Crippen molar-refractivity contribution in [2.45, 2.75) is 18.3 Å². The summed E-state index contributed by atoms with van der Waals surface area (Å²) in [6, 6.07) is 0.